The Balaban J connectivity index is 1.57. The van der Waals surface area contributed by atoms with Gasteiger partial charge in [0.1, 0.15) is 0 Å². The fourth-order valence-electron chi connectivity index (χ4n) is 4.36. The molecule has 0 saturated carbocycles. The monoisotopic (exact) mass is 418 g/mol. The zero-order chi connectivity index (χ0) is 20.4. The standard InChI is InChI=1S/C20H26N4O4S/c21-12-17(19-22-9-1-2-10-28-19)29(26,27)24-20(25)23-18-15-7-3-5-13(15)11-14-6-4-8-16(14)18/h11-12,21-22H,1-10H2,(H2,23,24,25)/b19-17-,21-12?. The second kappa shape index (κ2) is 8.06. The minimum Gasteiger partial charge on any atom is -0.478 e. The van der Waals surface area contributed by atoms with Crippen molar-refractivity contribution >= 4 is 28.0 Å². The maximum Gasteiger partial charge on any atom is 0.333 e. The third kappa shape index (κ3) is 3.96. The molecule has 1 aliphatic heterocycles. The third-order valence-corrected chi connectivity index (χ3v) is 7.02. The van der Waals surface area contributed by atoms with Crippen molar-refractivity contribution in [2.75, 3.05) is 18.5 Å². The van der Waals surface area contributed by atoms with Gasteiger partial charge in [-0.25, -0.2) is 17.9 Å². The van der Waals surface area contributed by atoms with Gasteiger partial charge in [0.05, 0.1) is 6.61 Å². The molecule has 1 aromatic carbocycles. The van der Waals surface area contributed by atoms with E-state index in [1.807, 2.05) is 4.72 Å². The highest BCUT2D eigenvalue weighted by molar-refractivity contribution is 7.94. The zero-order valence-corrected chi connectivity index (χ0v) is 17.1. The van der Waals surface area contributed by atoms with Crippen LogP contribution in [0.3, 0.4) is 0 Å². The van der Waals surface area contributed by atoms with Gasteiger partial charge in [0.2, 0.25) is 5.88 Å². The number of allylic oxidation sites excluding steroid dienone is 1. The number of fused-ring (bicyclic) bond motifs is 2. The van der Waals surface area contributed by atoms with E-state index >= 15 is 0 Å². The maximum atomic E-state index is 12.7. The van der Waals surface area contributed by atoms with Crippen LogP contribution >= 0.6 is 0 Å². The summed E-state index contributed by atoms with van der Waals surface area (Å²) < 4.78 is 33.0. The SMILES string of the molecule is N=C/C(=C1\NCCCCO1)S(=O)(=O)NC(=O)Nc1c2c(cc3c1CCC3)CCC2. The number of sulfonamides is 1. The fourth-order valence-corrected chi connectivity index (χ4v) is 5.30. The number of hydrogen-bond donors (Lipinski definition) is 4. The normalized spacial score (nSPS) is 19.9. The summed E-state index contributed by atoms with van der Waals surface area (Å²) >= 11 is 0. The number of ether oxygens (including phenoxy) is 1. The first kappa shape index (κ1) is 19.8. The first-order valence-electron chi connectivity index (χ1n) is 10.1. The predicted molar refractivity (Wildman–Crippen MR) is 111 cm³/mol. The molecule has 156 valence electrons. The second-order valence-corrected chi connectivity index (χ2v) is 9.26. The number of nitrogens with one attached hydrogen (secondary N) is 4. The number of hydrogen-bond acceptors (Lipinski definition) is 6. The van der Waals surface area contributed by atoms with Crippen molar-refractivity contribution in [3.8, 4) is 0 Å². The third-order valence-electron chi connectivity index (χ3n) is 5.69. The Bertz CT molecular complexity index is 942. The number of carbonyl (C=O) groups is 1. The van der Waals surface area contributed by atoms with E-state index < -0.39 is 16.1 Å². The minimum atomic E-state index is -4.25. The van der Waals surface area contributed by atoms with Gasteiger partial charge in [0, 0.05) is 18.4 Å². The predicted octanol–water partition coefficient (Wildman–Crippen LogP) is 2.33. The van der Waals surface area contributed by atoms with Crippen LogP contribution in [0, 0.1) is 5.41 Å². The molecule has 3 aliphatic rings. The van der Waals surface area contributed by atoms with Crippen molar-refractivity contribution in [3.05, 3.63) is 39.1 Å². The van der Waals surface area contributed by atoms with E-state index in [1.54, 1.807) is 0 Å². The number of urea groups is 1. The molecule has 2 aliphatic carbocycles. The van der Waals surface area contributed by atoms with Crippen LogP contribution < -0.4 is 15.4 Å². The van der Waals surface area contributed by atoms with Crippen molar-refractivity contribution in [2.45, 2.75) is 51.4 Å². The second-order valence-electron chi connectivity index (χ2n) is 7.61. The largest absolute Gasteiger partial charge is 0.478 e. The number of rotatable bonds is 4. The Kier molecular flexibility index (Phi) is 5.49. The Morgan fingerprint density at radius 3 is 2.41 bits per heavy atom. The molecule has 0 atom stereocenters. The number of anilines is 1. The summed E-state index contributed by atoms with van der Waals surface area (Å²) in [4.78, 5) is 12.3. The molecule has 0 aromatic heterocycles. The lowest BCUT2D eigenvalue weighted by atomic mass is 9.99. The molecule has 4 rings (SSSR count). The molecular weight excluding hydrogens is 392 g/mol. The average Bonchev–Trinajstić information content (AvgIpc) is 3.25. The Morgan fingerprint density at radius 2 is 1.76 bits per heavy atom. The molecule has 29 heavy (non-hydrogen) atoms. The first-order valence-corrected chi connectivity index (χ1v) is 11.6. The van der Waals surface area contributed by atoms with Gasteiger partial charge in [-0.05, 0) is 73.6 Å². The lowest BCUT2D eigenvalue weighted by molar-refractivity contribution is 0.204. The van der Waals surface area contributed by atoms with Gasteiger partial charge in [-0.3, -0.25) is 0 Å². The van der Waals surface area contributed by atoms with E-state index in [0.29, 0.717) is 19.4 Å². The molecule has 8 nitrogen and oxygen atoms in total. The van der Waals surface area contributed by atoms with Crippen LogP contribution in [-0.2, 0) is 40.4 Å². The summed E-state index contributed by atoms with van der Waals surface area (Å²) in [5.41, 5.74) is 5.52. The van der Waals surface area contributed by atoms with Gasteiger partial charge >= 0.3 is 6.03 Å². The van der Waals surface area contributed by atoms with E-state index in [1.165, 1.54) is 11.1 Å². The molecule has 0 bridgehead atoms. The van der Waals surface area contributed by atoms with Gasteiger partial charge in [-0.2, -0.15) is 0 Å². The van der Waals surface area contributed by atoms with Gasteiger partial charge in [0.15, 0.2) is 4.91 Å². The van der Waals surface area contributed by atoms with Crippen molar-refractivity contribution in [1.82, 2.24) is 10.0 Å². The van der Waals surface area contributed by atoms with Crippen molar-refractivity contribution < 1.29 is 17.9 Å². The molecule has 0 spiro atoms. The van der Waals surface area contributed by atoms with Crippen molar-refractivity contribution in [3.63, 3.8) is 0 Å². The molecular formula is C20H26N4O4S. The zero-order valence-electron chi connectivity index (χ0n) is 16.3. The average molecular weight is 419 g/mol. The van der Waals surface area contributed by atoms with E-state index in [2.05, 4.69) is 16.7 Å². The molecule has 2 amide bonds. The van der Waals surface area contributed by atoms with E-state index in [0.717, 1.165) is 68.2 Å². The highest BCUT2D eigenvalue weighted by atomic mass is 32.2. The molecule has 0 radical (unpaired) electrons. The Hall–Kier alpha value is -2.55. The molecule has 9 heteroatoms. The number of benzene rings is 1. The van der Waals surface area contributed by atoms with Crippen molar-refractivity contribution in [2.24, 2.45) is 0 Å². The van der Waals surface area contributed by atoms with Crippen molar-refractivity contribution in [1.29, 1.82) is 5.41 Å². The lowest BCUT2D eigenvalue weighted by Crippen LogP contribution is -2.37. The minimum absolute atomic E-state index is 0.0132. The van der Waals surface area contributed by atoms with Crippen LogP contribution in [0.5, 0.6) is 0 Å². The van der Waals surface area contributed by atoms with E-state index in [9.17, 15) is 13.2 Å². The topological polar surface area (TPSA) is 120 Å². The van der Waals surface area contributed by atoms with Crippen LogP contribution in [0.1, 0.15) is 47.9 Å². The van der Waals surface area contributed by atoms with Crippen LogP contribution in [0.15, 0.2) is 16.9 Å². The maximum absolute atomic E-state index is 12.7. The summed E-state index contributed by atoms with van der Waals surface area (Å²) in [6.45, 7) is 0.917. The number of carbonyl (C=O) groups excluding carboxylic acids is 1. The van der Waals surface area contributed by atoms with E-state index in [-0.39, 0.29) is 10.8 Å². The van der Waals surface area contributed by atoms with Gasteiger partial charge < -0.3 is 20.8 Å². The fraction of sp³-hybridized carbons (Fsp3) is 0.500. The Morgan fingerprint density at radius 1 is 1.07 bits per heavy atom. The number of aryl methyl sites for hydroxylation is 2. The summed E-state index contributed by atoms with van der Waals surface area (Å²) in [5.74, 6) is 0.0132. The number of amides is 2. The summed E-state index contributed by atoms with van der Waals surface area (Å²) in [6.07, 6.45) is 8.17. The molecule has 4 N–H and O–H groups in total. The quantitative estimate of drug-likeness (QED) is 0.560. The molecule has 1 fully saturated rings. The first-order chi connectivity index (χ1) is 14.0. The van der Waals surface area contributed by atoms with Crippen LogP contribution in [0.2, 0.25) is 0 Å². The summed E-state index contributed by atoms with van der Waals surface area (Å²) in [6, 6.07) is 1.44. The molecule has 1 saturated heterocycles. The highest BCUT2D eigenvalue weighted by Gasteiger charge is 2.28. The summed E-state index contributed by atoms with van der Waals surface area (Å²) in [5, 5.41) is 13.2. The molecule has 1 heterocycles. The summed E-state index contributed by atoms with van der Waals surface area (Å²) in [7, 11) is -4.25. The lowest BCUT2D eigenvalue weighted by Gasteiger charge is -2.17. The van der Waals surface area contributed by atoms with E-state index in [4.69, 9.17) is 10.1 Å². The van der Waals surface area contributed by atoms with Gasteiger partial charge in [0.25, 0.3) is 10.0 Å². The van der Waals surface area contributed by atoms with Gasteiger partial charge in [-0.15, -0.1) is 0 Å². The molecule has 0 unspecified atom stereocenters. The highest BCUT2D eigenvalue weighted by Crippen LogP contribution is 2.38. The van der Waals surface area contributed by atoms with Crippen LogP contribution in [0.25, 0.3) is 0 Å². The van der Waals surface area contributed by atoms with Crippen LogP contribution in [-0.4, -0.2) is 33.8 Å². The molecule has 1 aromatic rings. The van der Waals surface area contributed by atoms with Gasteiger partial charge in [-0.1, -0.05) is 6.07 Å². The smallest absolute Gasteiger partial charge is 0.333 e. The van der Waals surface area contributed by atoms with Crippen LogP contribution in [0.4, 0.5) is 10.5 Å². The Labute approximate surface area is 170 Å².